The normalized spacial score (nSPS) is 12.8. The van der Waals surface area contributed by atoms with E-state index in [-0.39, 0.29) is 18.3 Å². The molecule has 0 saturated carbocycles. The number of carbonyl (C=O) groups excluding carboxylic acids is 1. The Balaban J connectivity index is 2.14. The summed E-state index contributed by atoms with van der Waals surface area (Å²) < 4.78 is 20.3. The highest BCUT2D eigenvalue weighted by molar-refractivity contribution is 5.93. The number of carboxylic acids is 1. The van der Waals surface area contributed by atoms with Crippen LogP contribution in [0.15, 0.2) is 24.5 Å². The molecule has 0 saturated heterocycles. The van der Waals surface area contributed by atoms with Crippen molar-refractivity contribution < 1.29 is 23.8 Å². The summed E-state index contributed by atoms with van der Waals surface area (Å²) in [5.74, 6) is -1.70. The molecule has 1 aromatic heterocycles. The number of carboxylic acid groups (broad SMARTS) is 1. The van der Waals surface area contributed by atoms with Crippen molar-refractivity contribution in [2.45, 2.75) is 26.5 Å². The minimum Gasteiger partial charge on any atom is -0.476 e. The van der Waals surface area contributed by atoms with Crippen molar-refractivity contribution in [3.8, 4) is 5.69 Å². The Morgan fingerprint density at radius 3 is 2.74 bits per heavy atom. The number of carbonyl (C=O) groups is 2. The SMILES string of the molecule is CC(C)OC(=O)N1Cc2c(C(=O)O)ncn2-c2ccc(F)cc21. The summed E-state index contributed by atoms with van der Waals surface area (Å²) in [4.78, 5) is 28.7. The molecule has 0 bridgehead atoms. The standard InChI is InChI=1S/C15H14FN3O4/c1-8(2)23-15(22)18-6-12-13(14(20)21)17-7-19(12)10-4-3-9(16)5-11(10)18/h3-5,7-8H,6H2,1-2H3,(H,20,21). The lowest BCUT2D eigenvalue weighted by Gasteiger charge is -2.30. The fourth-order valence-corrected chi connectivity index (χ4v) is 2.49. The first-order chi connectivity index (χ1) is 10.9. The number of nitrogens with zero attached hydrogens (tertiary/aromatic N) is 3. The van der Waals surface area contributed by atoms with E-state index in [9.17, 15) is 19.1 Å². The molecule has 23 heavy (non-hydrogen) atoms. The zero-order valence-electron chi connectivity index (χ0n) is 12.5. The monoisotopic (exact) mass is 319 g/mol. The molecular weight excluding hydrogens is 305 g/mol. The molecule has 0 radical (unpaired) electrons. The van der Waals surface area contributed by atoms with Gasteiger partial charge < -0.3 is 9.84 Å². The third-order valence-electron chi connectivity index (χ3n) is 3.42. The molecule has 8 heteroatoms. The number of halogens is 1. The lowest BCUT2D eigenvalue weighted by atomic mass is 10.1. The van der Waals surface area contributed by atoms with Crippen LogP contribution in [-0.4, -0.2) is 32.8 Å². The summed E-state index contributed by atoms with van der Waals surface area (Å²) >= 11 is 0. The second-order valence-electron chi connectivity index (χ2n) is 5.37. The van der Waals surface area contributed by atoms with Crippen molar-refractivity contribution in [1.82, 2.24) is 9.55 Å². The summed E-state index contributed by atoms with van der Waals surface area (Å²) in [6.07, 6.45) is 0.321. The number of amides is 1. The second kappa shape index (κ2) is 5.38. The Kier molecular flexibility index (Phi) is 3.51. The molecule has 120 valence electrons. The van der Waals surface area contributed by atoms with Gasteiger partial charge in [0, 0.05) is 0 Å². The molecule has 1 aromatic carbocycles. The van der Waals surface area contributed by atoms with Crippen LogP contribution >= 0.6 is 0 Å². The van der Waals surface area contributed by atoms with Crippen LogP contribution in [0, 0.1) is 5.82 Å². The predicted octanol–water partition coefficient (Wildman–Crippen LogP) is 2.57. The predicted molar refractivity (Wildman–Crippen MR) is 78.3 cm³/mol. The molecule has 1 amide bonds. The molecule has 7 nitrogen and oxygen atoms in total. The van der Waals surface area contributed by atoms with Crippen molar-refractivity contribution in [3.05, 3.63) is 41.7 Å². The van der Waals surface area contributed by atoms with Gasteiger partial charge in [0.1, 0.15) is 12.1 Å². The molecule has 0 fully saturated rings. The number of benzene rings is 1. The number of aromatic carboxylic acids is 1. The number of fused-ring (bicyclic) bond motifs is 3. The van der Waals surface area contributed by atoms with Crippen molar-refractivity contribution >= 4 is 17.7 Å². The number of imidazole rings is 1. The Bertz CT molecular complexity index is 800. The first-order valence-electron chi connectivity index (χ1n) is 6.96. The van der Waals surface area contributed by atoms with Gasteiger partial charge in [0.2, 0.25) is 0 Å². The fourth-order valence-electron chi connectivity index (χ4n) is 2.49. The third kappa shape index (κ3) is 2.52. The summed E-state index contributed by atoms with van der Waals surface area (Å²) in [5.41, 5.74) is 0.950. The number of rotatable bonds is 2. The second-order valence-corrected chi connectivity index (χ2v) is 5.37. The van der Waals surface area contributed by atoms with Crippen LogP contribution in [0.25, 0.3) is 5.69 Å². The maximum atomic E-state index is 13.6. The molecule has 0 atom stereocenters. The lowest BCUT2D eigenvalue weighted by molar-refractivity contribution is 0.0689. The molecule has 1 aliphatic rings. The van der Waals surface area contributed by atoms with Crippen molar-refractivity contribution in [2.75, 3.05) is 4.90 Å². The van der Waals surface area contributed by atoms with E-state index in [2.05, 4.69) is 4.98 Å². The molecule has 1 N–H and O–H groups in total. The fraction of sp³-hybridized carbons (Fsp3) is 0.267. The molecule has 3 rings (SSSR count). The number of aromatic nitrogens is 2. The number of ether oxygens (including phenoxy) is 1. The smallest absolute Gasteiger partial charge is 0.414 e. The number of hydrogen-bond donors (Lipinski definition) is 1. The van der Waals surface area contributed by atoms with Crippen LogP contribution in [0.3, 0.4) is 0 Å². The Morgan fingerprint density at radius 2 is 2.09 bits per heavy atom. The van der Waals surface area contributed by atoms with Crippen LogP contribution in [0.4, 0.5) is 14.9 Å². The van der Waals surface area contributed by atoms with Gasteiger partial charge in [-0.05, 0) is 32.0 Å². The van der Waals surface area contributed by atoms with Gasteiger partial charge in [0.25, 0.3) is 0 Å². The van der Waals surface area contributed by atoms with Gasteiger partial charge in [0.15, 0.2) is 5.69 Å². The van der Waals surface area contributed by atoms with E-state index in [4.69, 9.17) is 4.74 Å². The molecular formula is C15H14FN3O4. The highest BCUT2D eigenvalue weighted by Gasteiger charge is 2.32. The maximum absolute atomic E-state index is 13.6. The molecule has 2 heterocycles. The largest absolute Gasteiger partial charge is 0.476 e. The van der Waals surface area contributed by atoms with Gasteiger partial charge in [-0.3, -0.25) is 9.47 Å². The molecule has 0 aliphatic carbocycles. The minimum atomic E-state index is -1.19. The van der Waals surface area contributed by atoms with Gasteiger partial charge in [-0.25, -0.2) is 19.0 Å². The third-order valence-corrected chi connectivity index (χ3v) is 3.42. The van der Waals surface area contributed by atoms with Crippen LogP contribution in [-0.2, 0) is 11.3 Å². The Labute approximate surface area is 130 Å². The highest BCUT2D eigenvalue weighted by atomic mass is 19.1. The summed E-state index contributed by atoms with van der Waals surface area (Å²) in [6.45, 7) is 3.33. The van der Waals surface area contributed by atoms with E-state index in [1.165, 1.54) is 34.0 Å². The van der Waals surface area contributed by atoms with Gasteiger partial charge in [-0.15, -0.1) is 0 Å². The molecule has 0 spiro atoms. The zero-order chi connectivity index (χ0) is 16.7. The van der Waals surface area contributed by atoms with Crippen LogP contribution < -0.4 is 4.90 Å². The number of anilines is 1. The van der Waals surface area contributed by atoms with E-state index in [0.717, 1.165) is 0 Å². The van der Waals surface area contributed by atoms with Crippen LogP contribution in [0.2, 0.25) is 0 Å². The van der Waals surface area contributed by atoms with E-state index < -0.39 is 17.9 Å². The van der Waals surface area contributed by atoms with E-state index in [1.807, 2.05) is 0 Å². The molecule has 2 aromatic rings. The first-order valence-corrected chi connectivity index (χ1v) is 6.96. The van der Waals surface area contributed by atoms with Crippen LogP contribution in [0.1, 0.15) is 30.0 Å². The van der Waals surface area contributed by atoms with Crippen molar-refractivity contribution in [3.63, 3.8) is 0 Å². The average Bonchev–Trinajstić information content (AvgIpc) is 2.89. The molecule has 0 unspecified atom stereocenters. The summed E-state index contributed by atoms with van der Waals surface area (Å²) in [5, 5.41) is 9.22. The molecule has 1 aliphatic heterocycles. The van der Waals surface area contributed by atoms with E-state index in [1.54, 1.807) is 13.8 Å². The van der Waals surface area contributed by atoms with Gasteiger partial charge in [-0.2, -0.15) is 0 Å². The minimum absolute atomic E-state index is 0.0658. The summed E-state index contributed by atoms with van der Waals surface area (Å²) in [7, 11) is 0. The van der Waals surface area contributed by atoms with E-state index >= 15 is 0 Å². The van der Waals surface area contributed by atoms with Gasteiger partial charge >= 0.3 is 12.1 Å². The average molecular weight is 319 g/mol. The zero-order valence-corrected chi connectivity index (χ0v) is 12.5. The first kappa shape index (κ1) is 15.0. The Hall–Kier alpha value is -2.90. The lowest BCUT2D eigenvalue weighted by Crippen LogP contribution is -2.37. The highest BCUT2D eigenvalue weighted by Crippen LogP contribution is 2.34. The van der Waals surface area contributed by atoms with Gasteiger partial charge in [-0.1, -0.05) is 0 Å². The topological polar surface area (TPSA) is 84.7 Å². The summed E-state index contributed by atoms with van der Waals surface area (Å²) in [6, 6.07) is 3.91. The number of hydrogen-bond acceptors (Lipinski definition) is 4. The van der Waals surface area contributed by atoms with Crippen molar-refractivity contribution in [2.24, 2.45) is 0 Å². The Morgan fingerprint density at radius 1 is 1.35 bits per heavy atom. The van der Waals surface area contributed by atoms with E-state index in [0.29, 0.717) is 17.1 Å². The van der Waals surface area contributed by atoms with Gasteiger partial charge in [0.05, 0.1) is 29.7 Å². The van der Waals surface area contributed by atoms with Crippen molar-refractivity contribution in [1.29, 1.82) is 0 Å². The quantitative estimate of drug-likeness (QED) is 0.919. The maximum Gasteiger partial charge on any atom is 0.414 e. The van der Waals surface area contributed by atoms with Crippen LogP contribution in [0.5, 0.6) is 0 Å².